The van der Waals surface area contributed by atoms with E-state index in [0.29, 0.717) is 17.4 Å². The molecule has 0 unspecified atom stereocenters. The lowest BCUT2D eigenvalue weighted by Gasteiger charge is -2.00. The van der Waals surface area contributed by atoms with E-state index in [1.807, 2.05) is 42.5 Å². The van der Waals surface area contributed by atoms with E-state index < -0.39 is 0 Å². The van der Waals surface area contributed by atoms with E-state index >= 15 is 0 Å². The van der Waals surface area contributed by atoms with Crippen molar-refractivity contribution in [3.05, 3.63) is 77.3 Å². The van der Waals surface area contributed by atoms with Crippen LogP contribution in [0.1, 0.15) is 0 Å². The molecule has 0 radical (unpaired) electrons. The number of fused-ring (bicyclic) bond motifs is 1. The van der Waals surface area contributed by atoms with Crippen LogP contribution in [0.2, 0.25) is 0 Å². The number of halogens is 1. The zero-order chi connectivity index (χ0) is 18.2. The zero-order valence-corrected chi connectivity index (χ0v) is 15.6. The predicted molar refractivity (Wildman–Crippen MR) is 108 cm³/mol. The van der Waals surface area contributed by atoms with Gasteiger partial charge >= 0.3 is 0 Å². The summed E-state index contributed by atoms with van der Waals surface area (Å²) in [5.41, 5.74) is 3.44. The number of hydrogen-bond acceptors (Lipinski definition) is 4. The van der Waals surface area contributed by atoms with E-state index in [0.717, 1.165) is 21.3 Å². The Hall–Kier alpha value is -3.25. The topological polar surface area (TPSA) is 67.6 Å². The van der Waals surface area contributed by atoms with E-state index in [1.54, 1.807) is 0 Å². The van der Waals surface area contributed by atoms with E-state index in [9.17, 15) is 0 Å². The Morgan fingerprint density at radius 1 is 0.815 bits per heavy atom. The minimum Gasteiger partial charge on any atom is -0.332 e. The molecule has 27 heavy (non-hydrogen) atoms. The second kappa shape index (κ2) is 6.48. The van der Waals surface area contributed by atoms with Crippen LogP contribution in [-0.4, -0.2) is 20.3 Å². The van der Waals surface area contributed by atoms with Gasteiger partial charge < -0.3 is 4.52 Å². The Morgan fingerprint density at radius 3 is 2.44 bits per heavy atom. The minimum absolute atomic E-state index is 0.410. The standard InChI is InChI=1S/C21H13BrN4O/c22-17-9-7-14(8-10-17)20-23-21(27-26-20)19-12-18(24-25-19)16-6-5-13-3-1-2-4-15(13)11-16/h1-12H,(H,24,25). The van der Waals surface area contributed by atoms with E-state index in [1.165, 1.54) is 10.8 Å². The fourth-order valence-corrected chi connectivity index (χ4v) is 3.24. The van der Waals surface area contributed by atoms with Gasteiger partial charge in [-0.1, -0.05) is 57.5 Å². The van der Waals surface area contributed by atoms with Crippen molar-refractivity contribution in [3.8, 4) is 34.2 Å². The summed E-state index contributed by atoms with van der Waals surface area (Å²) in [7, 11) is 0. The second-order valence-corrected chi connectivity index (χ2v) is 7.07. The van der Waals surface area contributed by atoms with Gasteiger partial charge in [-0.2, -0.15) is 10.1 Å². The smallest absolute Gasteiger partial charge is 0.276 e. The van der Waals surface area contributed by atoms with E-state index in [2.05, 4.69) is 66.6 Å². The predicted octanol–water partition coefficient (Wildman–Crippen LogP) is 5.71. The van der Waals surface area contributed by atoms with Gasteiger partial charge in [0.25, 0.3) is 5.89 Å². The first-order valence-electron chi connectivity index (χ1n) is 8.41. The Labute approximate surface area is 163 Å². The Bertz CT molecular complexity index is 1240. The first-order valence-corrected chi connectivity index (χ1v) is 9.20. The summed E-state index contributed by atoms with van der Waals surface area (Å²) in [6.07, 6.45) is 0. The minimum atomic E-state index is 0.410. The van der Waals surface area contributed by atoms with Crippen LogP contribution in [0, 0.1) is 0 Å². The molecule has 5 nitrogen and oxygen atoms in total. The zero-order valence-electron chi connectivity index (χ0n) is 14.1. The average Bonchev–Trinajstić information content (AvgIpc) is 3.38. The normalized spacial score (nSPS) is 11.1. The fourth-order valence-electron chi connectivity index (χ4n) is 2.98. The molecule has 130 valence electrons. The van der Waals surface area contributed by atoms with Crippen LogP contribution in [-0.2, 0) is 0 Å². The lowest BCUT2D eigenvalue weighted by atomic mass is 10.1. The molecule has 5 rings (SSSR count). The summed E-state index contributed by atoms with van der Waals surface area (Å²) in [5, 5.41) is 13.8. The maximum atomic E-state index is 5.41. The highest BCUT2D eigenvalue weighted by atomic mass is 79.9. The third kappa shape index (κ3) is 3.04. The molecule has 0 aliphatic carbocycles. The van der Waals surface area contributed by atoms with Gasteiger partial charge in [-0.25, -0.2) is 0 Å². The Balaban J connectivity index is 1.47. The molecular weight excluding hydrogens is 404 g/mol. The van der Waals surface area contributed by atoms with Gasteiger partial charge in [0.05, 0.1) is 5.69 Å². The molecule has 0 saturated heterocycles. The molecule has 0 amide bonds. The molecule has 0 aliphatic heterocycles. The molecule has 2 heterocycles. The van der Waals surface area contributed by atoms with Gasteiger partial charge in [-0.3, -0.25) is 5.10 Å². The van der Waals surface area contributed by atoms with Crippen molar-refractivity contribution < 1.29 is 4.52 Å². The van der Waals surface area contributed by atoms with E-state index in [4.69, 9.17) is 4.52 Å². The first-order chi connectivity index (χ1) is 13.3. The van der Waals surface area contributed by atoms with Crippen molar-refractivity contribution in [2.24, 2.45) is 0 Å². The highest BCUT2D eigenvalue weighted by molar-refractivity contribution is 9.10. The highest BCUT2D eigenvalue weighted by Crippen LogP contribution is 2.27. The SMILES string of the molecule is Brc1ccc(-c2noc(-c3cc(-c4ccc5ccccc5c4)n[nH]3)n2)cc1. The lowest BCUT2D eigenvalue weighted by Crippen LogP contribution is -1.81. The molecule has 2 aromatic heterocycles. The van der Waals surface area contributed by atoms with Gasteiger partial charge in [-0.05, 0) is 47.2 Å². The van der Waals surface area contributed by atoms with Crippen LogP contribution in [0.25, 0.3) is 45.0 Å². The van der Waals surface area contributed by atoms with Crippen molar-refractivity contribution in [2.45, 2.75) is 0 Å². The lowest BCUT2D eigenvalue weighted by molar-refractivity contribution is 0.431. The molecular formula is C21H13BrN4O. The maximum absolute atomic E-state index is 5.41. The molecule has 5 aromatic rings. The average molecular weight is 417 g/mol. The number of H-pyrrole nitrogens is 1. The number of benzene rings is 3. The van der Waals surface area contributed by atoms with Gasteiger partial charge in [0.2, 0.25) is 5.82 Å². The molecule has 3 aromatic carbocycles. The van der Waals surface area contributed by atoms with Gasteiger partial charge in [0, 0.05) is 15.6 Å². The van der Waals surface area contributed by atoms with Crippen molar-refractivity contribution in [2.75, 3.05) is 0 Å². The summed E-state index contributed by atoms with van der Waals surface area (Å²) in [4.78, 5) is 4.47. The molecule has 0 bridgehead atoms. The summed E-state index contributed by atoms with van der Waals surface area (Å²) in [6.45, 7) is 0. The third-order valence-electron chi connectivity index (χ3n) is 4.38. The number of hydrogen-bond donors (Lipinski definition) is 1. The van der Waals surface area contributed by atoms with Crippen molar-refractivity contribution >= 4 is 26.7 Å². The summed E-state index contributed by atoms with van der Waals surface area (Å²) >= 11 is 3.42. The molecule has 0 aliphatic rings. The summed E-state index contributed by atoms with van der Waals surface area (Å²) in [6, 6.07) is 24.2. The molecule has 1 N–H and O–H groups in total. The molecule has 6 heteroatoms. The Morgan fingerprint density at radius 2 is 1.59 bits per heavy atom. The molecule has 0 atom stereocenters. The van der Waals surface area contributed by atoms with Crippen LogP contribution in [0.5, 0.6) is 0 Å². The largest absolute Gasteiger partial charge is 0.332 e. The second-order valence-electron chi connectivity index (χ2n) is 6.16. The molecule has 0 fully saturated rings. The molecule has 0 spiro atoms. The highest BCUT2D eigenvalue weighted by Gasteiger charge is 2.14. The number of nitrogens with zero attached hydrogens (tertiary/aromatic N) is 3. The quantitative estimate of drug-likeness (QED) is 0.408. The monoisotopic (exact) mass is 416 g/mol. The van der Waals surface area contributed by atoms with Gasteiger partial charge in [-0.15, -0.1) is 0 Å². The number of nitrogens with one attached hydrogen (secondary N) is 1. The third-order valence-corrected chi connectivity index (χ3v) is 4.91. The van der Waals surface area contributed by atoms with Crippen molar-refractivity contribution in [1.82, 2.24) is 20.3 Å². The summed E-state index contributed by atoms with van der Waals surface area (Å²) in [5.74, 6) is 0.951. The fraction of sp³-hybridized carbons (Fsp3) is 0. The first kappa shape index (κ1) is 16.0. The van der Waals surface area contributed by atoms with Crippen LogP contribution in [0.15, 0.2) is 81.8 Å². The number of aromatic amines is 1. The van der Waals surface area contributed by atoms with Crippen LogP contribution < -0.4 is 0 Å². The number of rotatable bonds is 3. The summed E-state index contributed by atoms with van der Waals surface area (Å²) < 4.78 is 6.41. The Kier molecular flexibility index (Phi) is 3.83. The number of aromatic nitrogens is 4. The van der Waals surface area contributed by atoms with Crippen LogP contribution in [0.3, 0.4) is 0 Å². The maximum Gasteiger partial charge on any atom is 0.276 e. The van der Waals surface area contributed by atoms with Crippen LogP contribution in [0.4, 0.5) is 0 Å². The van der Waals surface area contributed by atoms with E-state index in [-0.39, 0.29) is 0 Å². The van der Waals surface area contributed by atoms with Gasteiger partial charge in [0.15, 0.2) is 0 Å². The van der Waals surface area contributed by atoms with Crippen molar-refractivity contribution in [3.63, 3.8) is 0 Å². The van der Waals surface area contributed by atoms with Crippen molar-refractivity contribution in [1.29, 1.82) is 0 Å². The van der Waals surface area contributed by atoms with Crippen LogP contribution >= 0.6 is 15.9 Å². The van der Waals surface area contributed by atoms with Gasteiger partial charge in [0.1, 0.15) is 5.69 Å². The molecule has 0 saturated carbocycles.